The molecule has 0 saturated heterocycles. The molecule has 2 aromatic rings. The van der Waals surface area contributed by atoms with Gasteiger partial charge in [0, 0.05) is 10.5 Å². The number of hydrogen-bond donors (Lipinski definition) is 0. The van der Waals surface area contributed by atoms with Crippen LogP contribution in [0.5, 0.6) is 11.5 Å². The number of benzene rings is 2. The van der Waals surface area contributed by atoms with Crippen LogP contribution in [0.3, 0.4) is 0 Å². The van der Waals surface area contributed by atoms with E-state index in [2.05, 4.69) is 15.9 Å². The maximum absolute atomic E-state index is 13.1. The van der Waals surface area contributed by atoms with Crippen molar-refractivity contribution in [1.82, 2.24) is 0 Å². The summed E-state index contributed by atoms with van der Waals surface area (Å²) in [6.45, 7) is 0.389. The van der Waals surface area contributed by atoms with Gasteiger partial charge in [-0.05, 0) is 29.8 Å². The Kier molecular flexibility index (Phi) is 4.20. The van der Waals surface area contributed by atoms with Crippen LogP contribution in [0, 0.1) is 5.82 Å². The molecule has 2 nitrogen and oxygen atoms in total. The Morgan fingerprint density at radius 3 is 2.39 bits per heavy atom. The van der Waals surface area contributed by atoms with Crippen molar-refractivity contribution in [2.24, 2.45) is 0 Å². The molecule has 0 aliphatic heterocycles. The zero-order chi connectivity index (χ0) is 13.0. The van der Waals surface area contributed by atoms with E-state index in [1.807, 2.05) is 24.3 Å². The molecular weight excluding hydrogens is 299 g/mol. The minimum atomic E-state index is -0.325. The van der Waals surface area contributed by atoms with Crippen LogP contribution in [0.2, 0.25) is 0 Å². The summed E-state index contributed by atoms with van der Waals surface area (Å²) in [5.41, 5.74) is 0.996. The molecule has 0 heterocycles. The molecule has 0 fully saturated rings. The summed E-state index contributed by atoms with van der Waals surface area (Å²) in [6, 6.07) is 12.0. The van der Waals surface area contributed by atoms with Gasteiger partial charge in [-0.15, -0.1) is 0 Å². The molecule has 0 atom stereocenters. The van der Waals surface area contributed by atoms with Gasteiger partial charge in [-0.2, -0.15) is 0 Å². The Labute approximate surface area is 113 Å². The van der Waals surface area contributed by atoms with E-state index in [9.17, 15) is 4.39 Å². The van der Waals surface area contributed by atoms with Crippen molar-refractivity contribution in [2.75, 3.05) is 7.11 Å². The molecule has 0 aromatic heterocycles. The first kappa shape index (κ1) is 12.9. The average Bonchev–Trinajstić information content (AvgIpc) is 2.36. The van der Waals surface area contributed by atoms with Crippen LogP contribution < -0.4 is 9.47 Å². The Morgan fingerprint density at radius 2 is 1.78 bits per heavy atom. The Balaban J connectivity index is 2.01. The molecule has 0 saturated carbocycles. The predicted molar refractivity (Wildman–Crippen MR) is 71.4 cm³/mol. The third-order valence-corrected chi connectivity index (χ3v) is 2.86. The van der Waals surface area contributed by atoms with E-state index >= 15 is 0 Å². The summed E-state index contributed by atoms with van der Waals surface area (Å²) < 4.78 is 24.4. The number of halogens is 2. The first-order chi connectivity index (χ1) is 8.67. The summed E-state index contributed by atoms with van der Waals surface area (Å²) in [5, 5.41) is 0. The predicted octanol–water partition coefficient (Wildman–Crippen LogP) is 4.18. The second-order valence-electron chi connectivity index (χ2n) is 3.74. The van der Waals surface area contributed by atoms with Crippen molar-refractivity contribution in [1.29, 1.82) is 0 Å². The SMILES string of the molecule is COc1ccc(COc2cc(F)cc(Br)c2)cc1. The lowest BCUT2D eigenvalue weighted by molar-refractivity contribution is 0.304. The third kappa shape index (κ3) is 3.47. The Bertz CT molecular complexity index is 506. The van der Waals surface area contributed by atoms with E-state index in [0.717, 1.165) is 11.3 Å². The van der Waals surface area contributed by atoms with Gasteiger partial charge in [0.1, 0.15) is 23.9 Å². The van der Waals surface area contributed by atoms with Crippen LogP contribution in [-0.4, -0.2) is 7.11 Å². The minimum Gasteiger partial charge on any atom is -0.497 e. The normalized spacial score (nSPS) is 10.2. The monoisotopic (exact) mass is 310 g/mol. The largest absolute Gasteiger partial charge is 0.497 e. The second-order valence-corrected chi connectivity index (χ2v) is 4.66. The maximum Gasteiger partial charge on any atom is 0.128 e. The van der Waals surface area contributed by atoms with Crippen molar-refractivity contribution in [3.05, 3.63) is 58.3 Å². The molecular formula is C14H12BrFO2. The number of ether oxygens (including phenoxy) is 2. The molecule has 0 N–H and O–H groups in total. The summed E-state index contributed by atoms with van der Waals surface area (Å²) in [5.74, 6) is 0.971. The van der Waals surface area contributed by atoms with Gasteiger partial charge in [0.2, 0.25) is 0 Å². The van der Waals surface area contributed by atoms with Gasteiger partial charge in [0.15, 0.2) is 0 Å². The highest BCUT2D eigenvalue weighted by Gasteiger charge is 2.01. The molecule has 94 valence electrons. The van der Waals surface area contributed by atoms with Crippen LogP contribution in [-0.2, 0) is 6.61 Å². The van der Waals surface area contributed by atoms with Gasteiger partial charge < -0.3 is 9.47 Å². The molecule has 0 aliphatic rings. The quantitative estimate of drug-likeness (QED) is 0.843. The van der Waals surface area contributed by atoms with Gasteiger partial charge in [-0.1, -0.05) is 28.1 Å². The summed E-state index contributed by atoms with van der Waals surface area (Å²) in [7, 11) is 1.62. The van der Waals surface area contributed by atoms with E-state index < -0.39 is 0 Å². The van der Waals surface area contributed by atoms with E-state index in [1.54, 1.807) is 13.2 Å². The van der Waals surface area contributed by atoms with E-state index in [1.165, 1.54) is 12.1 Å². The fourth-order valence-electron chi connectivity index (χ4n) is 1.50. The van der Waals surface area contributed by atoms with Crippen LogP contribution in [0.1, 0.15) is 5.56 Å². The smallest absolute Gasteiger partial charge is 0.128 e. The van der Waals surface area contributed by atoms with E-state index in [4.69, 9.17) is 9.47 Å². The van der Waals surface area contributed by atoms with Crippen LogP contribution in [0.25, 0.3) is 0 Å². The molecule has 0 unspecified atom stereocenters. The lowest BCUT2D eigenvalue weighted by Gasteiger charge is -2.07. The first-order valence-corrected chi connectivity index (χ1v) is 6.18. The van der Waals surface area contributed by atoms with Crippen molar-refractivity contribution in [3.8, 4) is 11.5 Å². The van der Waals surface area contributed by atoms with Crippen LogP contribution >= 0.6 is 15.9 Å². The molecule has 0 spiro atoms. The van der Waals surface area contributed by atoms with Gasteiger partial charge in [-0.25, -0.2) is 4.39 Å². The standard InChI is InChI=1S/C14H12BrFO2/c1-17-13-4-2-10(3-5-13)9-18-14-7-11(15)6-12(16)8-14/h2-8H,9H2,1H3. The second kappa shape index (κ2) is 5.87. The minimum absolute atomic E-state index is 0.325. The fraction of sp³-hybridized carbons (Fsp3) is 0.143. The highest BCUT2D eigenvalue weighted by atomic mass is 79.9. The van der Waals surface area contributed by atoms with Gasteiger partial charge in [0.05, 0.1) is 7.11 Å². The van der Waals surface area contributed by atoms with Crippen molar-refractivity contribution >= 4 is 15.9 Å². The molecule has 0 amide bonds. The number of methoxy groups -OCH3 is 1. The topological polar surface area (TPSA) is 18.5 Å². The molecule has 18 heavy (non-hydrogen) atoms. The van der Waals surface area contributed by atoms with Gasteiger partial charge in [-0.3, -0.25) is 0 Å². The molecule has 4 heteroatoms. The van der Waals surface area contributed by atoms with E-state index in [-0.39, 0.29) is 5.82 Å². The summed E-state index contributed by atoms with van der Waals surface area (Å²) in [4.78, 5) is 0. The van der Waals surface area contributed by atoms with Crippen molar-refractivity contribution in [2.45, 2.75) is 6.61 Å². The van der Waals surface area contributed by atoms with Crippen LogP contribution in [0.4, 0.5) is 4.39 Å². The number of rotatable bonds is 4. The summed E-state index contributed by atoms with van der Waals surface area (Å²) >= 11 is 3.22. The first-order valence-electron chi connectivity index (χ1n) is 5.39. The highest BCUT2D eigenvalue weighted by molar-refractivity contribution is 9.10. The fourth-order valence-corrected chi connectivity index (χ4v) is 1.94. The summed E-state index contributed by atoms with van der Waals surface area (Å²) in [6.07, 6.45) is 0. The van der Waals surface area contributed by atoms with Crippen molar-refractivity contribution in [3.63, 3.8) is 0 Å². The maximum atomic E-state index is 13.1. The molecule has 0 radical (unpaired) electrons. The zero-order valence-electron chi connectivity index (χ0n) is 9.82. The molecule has 2 aromatic carbocycles. The molecule has 0 bridgehead atoms. The molecule has 0 aliphatic carbocycles. The molecule has 2 rings (SSSR count). The van der Waals surface area contributed by atoms with Crippen LogP contribution in [0.15, 0.2) is 46.9 Å². The Morgan fingerprint density at radius 1 is 1.06 bits per heavy atom. The van der Waals surface area contributed by atoms with Gasteiger partial charge in [0.25, 0.3) is 0 Å². The lowest BCUT2D eigenvalue weighted by Crippen LogP contribution is -1.96. The van der Waals surface area contributed by atoms with Gasteiger partial charge >= 0.3 is 0 Å². The Hall–Kier alpha value is -1.55. The lowest BCUT2D eigenvalue weighted by atomic mass is 10.2. The van der Waals surface area contributed by atoms with Crippen molar-refractivity contribution < 1.29 is 13.9 Å². The highest BCUT2D eigenvalue weighted by Crippen LogP contribution is 2.21. The zero-order valence-corrected chi connectivity index (χ0v) is 11.4. The third-order valence-electron chi connectivity index (χ3n) is 2.40. The number of hydrogen-bond acceptors (Lipinski definition) is 2. The van der Waals surface area contributed by atoms with E-state index in [0.29, 0.717) is 16.8 Å². The average molecular weight is 311 g/mol.